The van der Waals surface area contributed by atoms with Crippen LogP contribution < -0.4 is 4.72 Å². The summed E-state index contributed by atoms with van der Waals surface area (Å²) in [5, 5.41) is 4.44. The molecule has 1 aliphatic rings. The van der Waals surface area contributed by atoms with Gasteiger partial charge < -0.3 is 0 Å². The molecule has 0 unspecified atom stereocenters. The van der Waals surface area contributed by atoms with E-state index in [1.807, 2.05) is 16.9 Å². The van der Waals surface area contributed by atoms with Crippen LogP contribution in [0.5, 0.6) is 0 Å². The molecule has 0 saturated carbocycles. The molecule has 2 heterocycles. The van der Waals surface area contributed by atoms with Crippen molar-refractivity contribution >= 4 is 10.0 Å². The summed E-state index contributed by atoms with van der Waals surface area (Å²) in [5.41, 5.74) is 3.74. The van der Waals surface area contributed by atoms with Crippen LogP contribution in [0.4, 0.5) is 0 Å². The van der Waals surface area contributed by atoms with E-state index in [-0.39, 0.29) is 11.8 Å². The average molecular weight is 362 g/mol. The number of hydrogen-bond acceptors (Lipinski definition) is 4. The number of fused-ring (bicyclic) bond motifs is 1. The summed E-state index contributed by atoms with van der Waals surface area (Å²) >= 11 is 0. The number of rotatable bonds is 7. The maximum absolute atomic E-state index is 11.6. The van der Waals surface area contributed by atoms with Gasteiger partial charge in [0.05, 0.1) is 17.5 Å². The summed E-state index contributed by atoms with van der Waals surface area (Å²) in [4.78, 5) is 2.40. The average Bonchev–Trinajstić information content (AvgIpc) is 3.05. The number of aryl methyl sites for hydroxylation is 1. The Morgan fingerprint density at radius 3 is 2.72 bits per heavy atom. The summed E-state index contributed by atoms with van der Waals surface area (Å²) in [6.07, 6.45) is 2.56. The lowest BCUT2D eigenvalue weighted by molar-refractivity contribution is 0.162. The third-order valence-electron chi connectivity index (χ3n) is 4.66. The van der Waals surface area contributed by atoms with E-state index < -0.39 is 10.0 Å². The van der Waals surface area contributed by atoms with E-state index in [2.05, 4.69) is 45.9 Å². The van der Waals surface area contributed by atoms with E-state index in [0.29, 0.717) is 6.54 Å². The monoisotopic (exact) mass is 362 g/mol. The summed E-state index contributed by atoms with van der Waals surface area (Å²) in [5.74, 6) is 0.115. The van der Waals surface area contributed by atoms with Gasteiger partial charge in [-0.3, -0.25) is 9.58 Å². The third kappa shape index (κ3) is 4.68. The maximum Gasteiger partial charge on any atom is 0.211 e. The Bertz CT molecular complexity index is 799. The van der Waals surface area contributed by atoms with Gasteiger partial charge in [-0.2, -0.15) is 5.10 Å². The SMILES string of the molecule is CCS(=O)(=O)NCC[C@H]1CN(Cc2ccc(C)cc2)Cc2ccnn21. The second-order valence-electron chi connectivity index (χ2n) is 6.66. The molecular weight excluding hydrogens is 336 g/mol. The Kier molecular flexibility index (Phi) is 5.56. The van der Waals surface area contributed by atoms with Gasteiger partial charge in [-0.05, 0) is 31.9 Å². The van der Waals surface area contributed by atoms with Gasteiger partial charge in [-0.1, -0.05) is 29.8 Å². The van der Waals surface area contributed by atoms with Crippen molar-refractivity contribution in [1.29, 1.82) is 0 Å². The summed E-state index contributed by atoms with van der Waals surface area (Å²) < 4.78 is 28.0. The Labute approximate surface area is 149 Å². The van der Waals surface area contributed by atoms with Gasteiger partial charge >= 0.3 is 0 Å². The molecule has 3 rings (SSSR count). The van der Waals surface area contributed by atoms with Crippen molar-refractivity contribution in [3.05, 3.63) is 53.3 Å². The highest BCUT2D eigenvalue weighted by Gasteiger charge is 2.25. The molecule has 0 radical (unpaired) electrons. The molecular formula is C18H26N4O2S. The van der Waals surface area contributed by atoms with Crippen molar-refractivity contribution in [2.75, 3.05) is 18.8 Å². The predicted octanol–water partition coefficient (Wildman–Crippen LogP) is 2.08. The maximum atomic E-state index is 11.6. The van der Waals surface area contributed by atoms with Crippen LogP contribution in [-0.2, 0) is 23.1 Å². The normalized spacial score (nSPS) is 18.2. The molecule has 136 valence electrons. The first-order valence-electron chi connectivity index (χ1n) is 8.74. The summed E-state index contributed by atoms with van der Waals surface area (Å²) in [6, 6.07) is 10.9. The minimum Gasteiger partial charge on any atom is -0.291 e. The van der Waals surface area contributed by atoms with Crippen LogP contribution in [0.1, 0.15) is 36.2 Å². The number of aromatic nitrogens is 2. The van der Waals surface area contributed by atoms with Crippen molar-refractivity contribution in [2.45, 2.75) is 39.4 Å². The van der Waals surface area contributed by atoms with Gasteiger partial charge in [0.2, 0.25) is 10.0 Å². The molecule has 25 heavy (non-hydrogen) atoms. The van der Waals surface area contributed by atoms with Gasteiger partial charge in [0.25, 0.3) is 0 Å². The number of sulfonamides is 1. The van der Waals surface area contributed by atoms with Gasteiger partial charge in [0.1, 0.15) is 0 Å². The van der Waals surface area contributed by atoms with Crippen LogP contribution in [0.3, 0.4) is 0 Å². The quantitative estimate of drug-likeness (QED) is 0.819. The van der Waals surface area contributed by atoms with E-state index in [1.54, 1.807) is 6.92 Å². The van der Waals surface area contributed by atoms with E-state index in [9.17, 15) is 8.42 Å². The fourth-order valence-electron chi connectivity index (χ4n) is 3.23. The molecule has 0 spiro atoms. The van der Waals surface area contributed by atoms with E-state index in [0.717, 1.165) is 26.1 Å². The van der Waals surface area contributed by atoms with Crippen molar-refractivity contribution in [3.8, 4) is 0 Å². The topological polar surface area (TPSA) is 67.2 Å². The summed E-state index contributed by atoms with van der Waals surface area (Å²) in [7, 11) is -3.14. The van der Waals surface area contributed by atoms with E-state index in [1.165, 1.54) is 16.8 Å². The number of hydrogen-bond donors (Lipinski definition) is 1. The van der Waals surface area contributed by atoms with Gasteiger partial charge in [-0.25, -0.2) is 13.1 Å². The van der Waals surface area contributed by atoms with Crippen LogP contribution in [-0.4, -0.2) is 41.9 Å². The molecule has 1 aromatic heterocycles. The first-order valence-corrected chi connectivity index (χ1v) is 10.4. The smallest absolute Gasteiger partial charge is 0.211 e. The fourth-order valence-corrected chi connectivity index (χ4v) is 3.87. The minimum absolute atomic E-state index is 0.115. The minimum atomic E-state index is -3.14. The number of benzene rings is 1. The number of nitrogens with one attached hydrogen (secondary N) is 1. The highest BCUT2D eigenvalue weighted by molar-refractivity contribution is 7.89. The standard InChI is InChI=1S/C18H26N4O2S/c1-3-25(23,24)20-11-9-18-14-21(13-17-8-10-19-22(17)18)12-16-6-4-15(2)5-7-16/h4-8,10,18,20H,3,9,11-14H2,1-2H3/t18-/m0/s1. The Hall–Kier alpha value is -1.70. The van der Waals surface area contributed by atoms with Crippen LogP contribution in [0.15, 0.2) is 36.5 Å². The predicted molar refractivity (Wildman–Crippen MR) is 98.6 cm³/mol. The molecule has 6 nitrogen and oxygen atoms in total. The molecule has 1 N–H and O–H groups in total. The van der Waals surface area contributed by atoms with E-state index >= 15 is 0 Å². The molecule has 0 bridgehead atoms. The highest BCUT2D eigenvalue weighted by atomic mass is 32.2. The first kappa shape index (κ1) is 18.1. The van der Waals surface area contributed by atoms with Crippen molar-refractivity contribution in [2.24, 2.45) is 0 Å². The Morgan fingerprint density at radius 2 is 2.00 bits per heavy atom. The van der Waals surface area contributed by atoms with Gasteiger partial charge in [0, 0.05) is 32.4 Å². The van der Waals surface area contributed by atoms with Crippen molar-refractivity contribution in [1.82, 2.24) is 19.4 Å². The first-order chi connectivity index (χ1) is 12.0. The molecule has 1 aromatic carbocycles. The van der Waals surface area contributed by atoms with Crippen LogP contribution >= 0.6 is 0 Å². The number of nitrogens with zero attached hydrogens (tertiary/aromatic N) is 3. The second-order valence-corrected chi connectivity index (χ2v) is 8.76. The lowest BCUT2D eigenvalue weighted by Crippen LogP contribution is -2.39. The third-order valence-corrected chi connectivity index (χ3v) is 6.06. The zero-order valence-corrected chi connectivity index (χ0v) is 15.7. The lowest BCUT2D eigenvalue weighted by Gasteiger charge is -2.34. The second kappa shape index (κ2) is 7.68. The molecule has 1 aliphatic heterocycles. The Morgan fingerprint density at radius 1 is 1.24 bits per heavy atom. The molecule has 0 aliphatic carbocycles. The largest absolute Gasteiger partial charge is 0.291 e. The Balaban J connectivity index is 1.65. The lowest BCUT2D eigenvalue weighted by atomic mass is 10.1. The highest BCUT2D eigenvalue weighted by Crippen LogP contribution is 2.24. The van der Waals surface area contributed by atoms with Gasteiger partial charge in [-0.15, -0.1) is 0 Å². The van der Waals surface area contributed by atoms with Crippen molar-refractivity contribution < 1.29 is 8.42 Å². The van der Waals surface area contributed by atoms with E-state index in [4.69, 9.17) is 0 Å². The molecule has 7 heteroatoms. The molecule has 0 amide bonds. The van der Waals surface area contributed by atoms with Crippen molar-refractivity contribution in [3.63, 3.8) is 0 Å². The molecule has 1 atom stereocenters. The summed E-state index contributed by atoms with van der Waals surface area (Å²) in [6.45, 7) is 6.82. The van der Waals surface area contributed by atoms with Gasteiger partial charge in [0.15, 0.2) is 0 Å². The van der Waals surface area contributed by atoms with Crippen LogP contribution in [0.2, 0.25) is 0 Å². The van der Waals surface area contributed by atoms with Crippen LogP contribution in [0, 0.1) is 6.92 Å². The molecule has 0 saturated heterocycles. The zero-order chi connectivity index (χ0) is 17.9. The zero-order valence-electron chi connectivity index (χ0n) is 14.9. The molecule has 0 fully saturated rings. The van der Waals surface area contributed by atoms with Crippen LogP contribution in [0.25, 0.3) is 0 Å². The molecule has 2 aromatic rings. The fraction of sp³-hybridized carbons (Fsp3) is 0.500.